The molecule has 21 heavy (non-hydrogen) atoms. The van der Waals surface area contributed by atoms with Gasteiger partial charge in [0.2, 0.25) is 0 Å². The van der Waals surface area contributed by atoms with Gasteiger partial charge in [-0.3, -0.25) is 0 Å². The van der Waals surface area contributed by atoms with Crippen molar-refractivity contribution in [2.24, 2.45) is 0 Å². The van der Waals surface area contributed by atoms with Gasteiger partial charge in [0.1, 0.15) is 6.04 Å². The smallest absolute Gasteiger partial charge is 0.326 e. The predicted octanol–water partition coefficient (Wildman–Crippen LogP) is 1.86. The number of carboxylic acid groups (broad SMARTS) is 1. The Morgan fingerprint density at radius 3 is 2.43 bits per heavy atom. The maximum atomic E-state index is 12.1. The van der Waals surface area contributed by atoms with E-state index in [-0.39, 0.29) is 13.0 Å². The minimum absolute atomic E-state index is 0.0346. The van der Waals surface area contributed by atoms with Crippen molar-refractivity contribution >= 4 is 17.7 Å². The number of hydrogen-bond acceptors (Lipinski definition) is 3. The second-order valence-corrected chi connectivity index (χ2v) is 5.60. The molecule has 2 rings (SSSR count). The van der Waals surface area contributed by atoms with Crippen LogP contribution in [-0.4, -0.2) is 45.8 Å². The Hall–Kier alpha value is -2.08. The lowest BCUT2D eigenvalue weighted by atomic mass is 10.0. The average molecular weight is 292 g/mol. The number of β-amino-alcohol motifs (C(OH)–C–C–N with tert-alkyl or cyclic N) is 1. The Kier molecular flexibility index (Phi) is 4.47. The highest BCUT2D eigenvalue weighted by molar-refractivity contribution is 5.92. The van der Waals surface area contributed by atoms with Crippen molar-refractivity contribution in [3.8, 4) is 0 Å². The summed E-state index contributed by atoms with van der Waals surface area (Å²) in [5.74, 6) is -0.697. The number of benzene rings is 1. The minimum atomic E-state index is -1.10. The zero-order valence-corrected chi connectivity index (χ0v) is 12.1. The summed E-state index contributed by atoms with van der Waals surface area (Å²) in [5, 5.41) is 21.3. The van der Waals surface area contributed by atoms with E-state index in [4.69, 9.17) is 5.11 Å². The number of aliphatic hydroxyl groups excluding tert-OH is 1. The summed E-state index contributed by atoms with van der Waals surface area (Å²) < 4.78 is 0. The van der Waals surface area contributed by atoms with E-state index >= 15 is 0 Å². The van der Waals surface area contributed by atoms with Crippen molar-refractivity contribution in [1.29, 1.82) is 0 Å². The Labute approximate surface area is 123 Å². The zero-order valence-electron chi connectivity index (χ0n) is 12.1. The molecule has 1 aromatic rings. The van der Waals surface area contributed by atoms with Gasteiger partial charge in [-0.1, -0.05) is 26.0 Å². The van der Waals surface area contributed by atoms with Crippen LogP contribution in [0.4, 0.5) is 10.5 Å². The van der Waals surface area contributed by atoms with E-state index in [0.29, 0.717) is 11.6 Å². The standard InChI is InChI=1S/C15H20N2O4/c1-9(2)10-3-5-11(6-4-10)16-15(21)17-8-12(18)7-13(17)14(19)20/h3-6,9,12-13,18H,7-8H2,1-2H3,(H,16,21)(H,19,20)/t12?,13-/m0/s1. The van der Waals surface area contributed by atoms with Gasteiger partial charge in [0, 0.05) is 18.7 Å². The van der Waals surface area contributed by atoms with Crippen molar-refractivity contribution in [2.45, 2.75) is 38.3 Å². The SMILES string of the molecule is CC(C)c1ccc(NC(=O)N2CC(O)C[C@H]2C(=O)O)cc1. The monoisotopic (exact) mass is 292 g/mol. The largest absolute Gasteiger partial charge is 0.480 e. The van der Waals surface area contributed by atoms with E-state index in [2.05, 4.69) is 19.2 Å². The lowest BCUT2D eigenvalue weighted by Crippen LogP contribution is -2.43. The minimum Gasteiger partial charge on any atom is -0.480 e. The Bertz CT molecular complexity index is 527. The summed E-state index contributed by atoms with van der Waals surface area (Å²) in [6.45, 7) is 4.19. The summed E-state index contributed by atoms with van der Waals surface area (Å²) in [6.07, 6.45) is -0.727. The molecule has 6 nitrogen and oxygen atoms in total. The second kappa shape index (κ2) is 6.13. The van der Waals surface area contributed by atoms with Gasteiger partial charge in [0.05, 0.1) is 6.10 Å². The number of hydrogen-bond donors (Lipinski definition) is 3. The molecule has 1 heterocycles. The van der Waals surface area contributed by atoms with Crippen molar-refractivity contribution in [3.05, 3.63) is 29.8 Å². The van der Waals surface area contributed by atoms with E-state index in [1.807, 2.05) is 12.1 Å². The number of carboxylic acids is 1. The predicted molar refractivity (Wildman–Crippen MR) is 78.3 cm³/mol. The van der Waals surface area contributed by atoms with Gasteiger partial charge in [0.15, 0.2) is 0 Å². The van der Waals surface area contributed by atoms with Crippen LogP contribution in [0.2, 0.25) is 0 Å². The zero-order chi connectivity index (χ0) is 15.6. The van der Waals surface area contributed by atoms with E-state index in [1.54, 1.807) is 12.1 Å². The fraction of sp³-hybridized carbons (Fsp3) is 0.467. The van der Waals surface area contributed by atoms with Crippen LogP contribution < -0.4 is 5.32 Å². The fourth-order valence-electron chi connectivity index (χ4n) is 2.42. The van der Waals surface area contributed by atoms with Crippen LogP contribution in [0.25, 0.3) is 0 Å². The van der Waals surface area contributed by atoms with Gasteiger partial charge >= 0.3 is 12.0 Å². The van der Waals surface area contributed by atoms with Crippen LogP contribution in [-0.2, 0) is 4.79 Å². The fourth-order valence-corrected chi connectivity index (χ4v) is 2.42. The molecule has 0 aromatic heterocycles. The highest BCUT2D eigenvalue weighted by Gasteiger charge is 2.38. The molecule has 1 unspecified atom stereocenters. The third-order valence-electron chi connectivity index (χ3n) is 3.65. The highest BCUT2D eigenvalue weighted by Crippen LogP contribution is 2.21. The number of urea groups is 1. The van der Waals surface area contributed by atoms with E-state index in [9.17, 15) is 14.7 Å². The molecule has 1 aliphatic heterocycles. The Morgan fingerprint density at radius 1 is 1.29 bits per heavy atom. The highest BCUT2D eigenvalue weighted by atomic mass is 16.4. The number of amides is 2. The molecule has 0 radical (unpaired) electrons. The van der Waals surface area contributed by atoms with E-state index < -0.39 is 24.1 Å². The number of aliphatic carboxylic acids is 1. The van der Waals surface area contributed by atoms with Gasteiger partial charge in [-0.05, 0) is 23.6 Å². The van der Waals surface area contributed by atoms with Gasteiger partial charge in [0.25, 0.3) is 0 Å². The number of aliphatic hydroxyl groups is 1. The molecule has 2 atom stereocenters. The van der Waals surface area contributed by atoms with E-state index in [1.165, 1.54) is 0 Å². The maximum absolute atomic E-state index is 12.1. The number of carbonyl (C=O) groups excluding carboxylic acids is 1. The molecule has 3 N–H and O–H groups in total. The van der Waals surface area contributed by atoms with Crippen LogP contribution in [0.3, 0.4) is 0 Å². The lowest BCUT2D eigenvalue weighted by Gasteiger charge is -2.21. The second-order valence-electron chi connectivity index (χ2n) is 5.60. The molecular formula is C15H20N2O4. The van der Waals surface area contributed by atoms with Gasteiger partial charge in [-0.25, -0.2) is 9.59 Å². The summed E-state index contributed by atoms with van der Waals surface area (Å²) in [6, 6.07) is 5.94. The average Bonchev–Trinajstić information content (AvgIpc) is 2.82. The number of carbonyl (C=O) groups is 2. The molecule has 0 saturated carbocycles. The van der Waals surface area contributed by atoms with E-state index in [0.717, 1.165) is 10.5 Å². The Balaban J connectivity index is 2.05. The topological polar surface area (TPSA) is 89.9 Å². The quantitative estimate of drug-likeness (QED) is 0.793. The lowest BCUT2D eigenvalue weighted by molar-refractivity contribution is -0.141. The molecule has 0 aliphatic carbocycles. The molecule has 0 spiro atoms. The summed E-state index contributed by atoms with van der Waals surface area (Å²) in [7, 11) is 0. The van der Waals surface area contributed by atoms with Crippen LogP contribution in [0.15, 0.2) is 24.3 Å². The number of likely N-dealkylation sites (tertiary alicyclic amines) is 1. The number of anilines is 1. The number of nitrogens with zero attached hydrogens (tertiary/aromatic N) is 1. The molecule has 2 amide bonds. The number of nitrogens with one attached hydrogen (secondary N) is 1. The van der Waals surface area contributed by atoms with Crippen molar-refractivity contribution < 1.29 is 19.8 Å². The first-order valence-corrected chi connectivity index (χ1v) is 6.97. The van der Waals surface area contributed by atoms with Crippen molar-refractivity contribution in [1.82, 2.24) is 4.90 Å². The van der Waals surface area contributed by atoms with Crippen LogP contribution >= 0.6 is 0 Å². The summed E-state index contributed by atoms with van der Waals surface area (Å²) in [4.78, 5) is 24.4. The molecule has 1 aromatic carbocycles. The molecule has 1 saturated heterocycles. The summed E-state index contributed by atoms with van der Waals surface area (Å²) >= 11 is 0. The first-order chi connectivity index (χ1) is 9.88. The molecule has 0 bridgehead atoms. The molecule has 6 heteroatoms. The normalized spacial score (nSPS) is 21.6. The third kappa shape index (κ3) is 3.52. The third-order valence-corrected chi connectivity index (χ3v) is 3.65. The van der Waals surface area contributed by atoms with Crippen molar-refractivity contribution in [2.75, 3.05) is 11.9 Å². The first-order valence-electron chi connectivity index (χ1n) is 6.97. The molecule has 1 fully saturated rings. The molecular weight excluding hydrogens is 272 g/mol. The first kappa shape index (κ1) is 15.3. The molecule has 1 aliphatic rings. The molecule has 114 valence electrons. The van der Waals surface area contributed by atoms with Gasteiger partial charge in [-0.2, -0.15) is 0 Å². The summed E-state index contributed by atoms with van der Waals surface area (Å²) in [5.41, 5.74) is 1.77. The van der Waals surface area contributed by atoms with Crippen molar-refractivity contribution in [3.63, 3.8) is 0 Å². The van der Waals surface area contributed by atoms with Crippen LogP contribution in [0.1, 0.15) is 31.7 Å². The van der Waals surface area contributed by atoms with Crippen LogP contribution in [0.5, 0.6) is 0 Å². The number of rotatable bonds is 3. The van der Waals surface area contributed by atoms with Gasteiger partial charge in [-0.15, -0.1) is 0 Å². The van der Waals surface area contributed by atoms with Gasteiger partial charge < -0.3 is 20.4 Å². The Morgan fingerprint density at radius 2 is 1.90 bits per heavy atom. The van der Waals surface area contributed by atoms with Crippen LogP contribution in [0, 0.1) is 0 Å². The maximum Gasteiger partial charge on any atom is 0.326 e.